The average molecular weight is 781 g/mol. The largest absolute Gasteiger partial charge is 0.670 e. The Kier molecular flexibility index (Phi) is 13.0. The minimum atomic E-state index is -1.04. The van der Waals surface area contributed by atoms with Gasteiger partial charge in [0.1, 0.15) is 11.5 Å². The number of phenols is 3. The molecule has 6 aromatic rings. The number of aromatic nitrogens is 1. The number of aliphatic hydroxyl groups is 1. The van der Waals surface area contributed by atoms with Gasteiger partial charge >= 0.3 is 0 Å². The SMILES string of the molecule is CCc1ccc2ccccc2c1Cc1c(C[C@H](Cc2cc[n-]c2)[C@H](O)CC(=O)[C@H](Cc2ccc(O)c(OC3CCCCC3)c2)c2cccc(O)c2)ccc(O)c1OC. The van der Waals surface area contributed by atoms with Crippen molar-refractivity contribution in [1.82, 2.24) is 4.98 Å². The van der Waals surface area contributed by atoms with Crippen molar-refractivity contribution in [2.24, 2.45) is 5.92 Å². The van der Waals surface area contributed by atoms with Crippen LogP contribution in [0.2, 0.25) is 0 Å². The highest BCUT2D eigenvalue weighted by Crippen LogP contribution is 2.39. The third-order valence-electron chi connectivity index (χ3n) is 11.9. The molecule has 1 saturated carbocycles. The van der Waals surface area contributed by atoms with Crippen LogP contribution in [0.4, 0.5) is 0 Å². The van der Waals surface area contributed by atoms with E-state index in [1.165, 1.54) is 12.0 Å². The van der Waals surface area contributed by atoms with Crippen LogP contribution in [0.25, 0.3) is 10.8 Å². The number of carbonyl (C=O) groups excluding carboxylic acids is 1. The van der Waals surface area contributed by atoms with Gasteiger partial charge in [0.2, 0.25) is 0 Å². The number of aliphatic hydroxyl groups excluding tert-OH is 1. The van der Waals surface area contributed by atoms with E-state index >= 15 is 0 Å². The quantitative estimate of drug-likeness (QED) is 0.0721. The third-order valence-corrected chi connectivity index (χ3v) is 11.9. The molecular formula is C50H54NO7-. The van der Waals surface area contributed by atoms with Gasteiger partial charge < -0.3 is 34.9 Å². The fourth-order valence-corrected chi connectivity index (χ4v) is 8.79. The Morgan fingerprint density at radius 2 is 1.59 bits per heavy atom. The molecule has 1 heterocycles. The first-order valence-electron chi connectivity index (χ1n) is 20.6. The number of methoxy groups -OCH3 is 1. The van der Waals surface area contributed by atoms with Crippen LogP contribution >= 0.6 is 0 Å². The zero-order valence-corrected chi connectivity index (χ0v) is 33.4. The number of carbonyl (C=O) groups is 1. The average Bonchev–Trinajstić information content (AvgIpc) is 3.75. The first-order valence-corrected chi connectivity index (χ1v) is 20.6. The number of hydrogen-bond donors (Lipinski definition) is 4. The van der Waals surface area contributed by atoms with E-state index in [1.54, 1.807) is 55.9 Å². The van der Waals surface area contributed by atoms with Crippen molar-refractivity contribution in [3.8, 4) is 28.7 Å². The van der Waals surface area contributed by atoms with Crippen molar-refractivity contribution in [2.45, 2.75) is 95.7 Å². The highest BCUT2D eigenvalue weighted by atomic mass is 16.5. The van der Waals surface area contributed by atoms with Crippen LogP contribution in [0.1, 0.15) is 90.3 Å². The number of phenolic OH excluding ortho intramolecular Hbond substituents is 3. The number of nitrogens with zero attached hydrogens (tertiary/aromatic N) is 1. The summed E-state index contributed by atoms with van der Waals surface area (Å²) in [6.45, 7) is 2.14. The number of benzene rings is 5. The maximum Gasteiger partial charge on any atom is 0.164 e. The first-order chi connectivity index (χ1) is 28.2. The monoisotopic (exact) mass is 780 g/mol. The van der Waals surface area contributed by atoms with Gasteiger partial charge in [-0.15, -0.1) is 0 Å². The molecule has 7 rings (SSSR count). The maximum absolute atomic E-state index is 14.6. The number of Topliss-reactive ketones (excluding diaryl/α,β-unsaturated/α-hetero) is 1. The summed E-state index contributed by atoms with van der Waals surface area (Å²) in [5.41, 5.74) is 6.52. The molecule has 0 bridgehead atoms. The standard InChI is InChI=1S/C50H54NO7/c1-3-34-17-18-35-10-7-8-15-41(35)42(34)29-44-37(19-21-46(54)50(44)57-2)27-38(24-33-22-23-51-31-33)47(55)30-48(56)43(36-11-9-12-39(52)28-36)25-32-16-20-45(53)49(26-32)58-40-13-5-4-6-14-40/h7-12,15-23,26,28,31,38,40,43,47,52-55H,3-6,13-14,24-25,27,29-30H2,1-2H3/q-1/t38-,43+,47+/m0/s1. The van der Waals surface area contributed by atoms with Crippen molar-refractivity contribution in [3.63, 3.8) is 0 Å². The lowest BCUT2D eigenvalue weighted by Gasteiger charge is -2.27. The van der Waals surface area contributed by atoms with Gasteiger partial charge in [-0.1, -0.05) is 85.6 Å². The molecule has 0 spiro atoms. The predicted molar refractivity (Wildman–Crippen MR) is 227 cm³/mol. The number of ether oxygens (including phenoxy) is 2. The number of ketones is 1. The van der Waals surface area contributed by atoms with E-state index in [0.717, 1.165) is 70.7 Å². The molecule has 1 aliphatic carbocycles. The zero-order valence-electron chi connectivity index (χ0n) is 33.4. The van der Waals surface area contributed by atoms with E-state index < -0.39 is 17.9 Å². The molecule has 3 atom stereocenters. The topological polar surface area (TPSA) is 131 Å². The zero-order chi connectivity index (χ0) is 40.6. The number of aryl methyl sites for hydroxylation is 1. The van der Waals surface area contributed by atoms with Crippen LogP contribution in [0.15, 0.2) is 109 Å². The maximum atomic E-state index is 14.6. The lowest BCUT2D eigenvalue weighted by atomic mass is 9.80. The summed E-state index contributed by atoms with van der Waals surface area (Å²) in [6.07, 6.45) is 10.2. The van der Waals surface area contributed by atoms with Crippen LogP contribution in [-0.2, 0) is 36.9 Å². The smallest absolute Gasteiger partial charge is 0.164 e. The molecule has 8 heteroatoms. The number of aromatic hydroxyl groups is 3. The van der Waals surface area contributed by atoms with Gasteiger partial charge in [-0.05, 0) is 126 Å². The molecule has 1 aliphatic rings. The molecule has 1 fully saturated rings. The Hall–Kier alpha value is -5.73. The van der Waals surface area contributed by atoms with E-state index in [1.807, 2.05) is 36.4 Å². The summed E-state index contributed by atoms with van der Waals surface area (Å²) < 4.78 is 12.1. The van der Waals surface area contributed by atoms with Gasteiger partial charge in [-0.3, -0.25) is 4.79 Å². The summed E-state index contributed by atoms with van der Waals surface area (Å²) in [6, 6.07) is 30.0. The molecule has 1 aromatic heterocycles. The Balaban J connectivity index is 1.19. The molecule has 0 radical (unpaired) electrons. The minimum Gasteiger partial charge on any atom is -0.670 e. The summed E-state index contributed by atoms with van der Waals surface area (Å²) in [5.74, 6) is -0.282. The molecule has 0 unspecified atom stereocenters. The normalized spacial score (nSPS) is 14.9. The molecular weight excluding hydrogens is 727 g/mol. The van der Waals surface area contributed by atoms with Gasteiger partial charge in [-0.25, -0.2) is 0 Å². The first kappa shape index (κ1) is 40.5. The molecule has 0 amide bonds. The van der Waals surface area contributed by atoms with Crippen molar-refractivity contribution in [2.75, 3.05) is 7.11 Å². The van der Waals surface area contributed by atoms with Crippen LogP contribution in [0, 0.1) is 5.92 Å². The summed E-state index contributed by atoms with van der Waals surface area (Å²) >= 11 is 0. The second-order valence-corrected chi connectivity index (χ2v) is 15.8. The minimum absolute atomic E-state index is 0.0397. The number of fused-ring (bicyclic) bond motifs is 1. The van der Waals surface area contributed by atoms with E-state index in [9.17, 15) is 25.2 Å². The van der Waals surface area contributed by atoms with E-state index in [2.05, 4.69) is 36.2 Å². The van der Waals surface area contributed by atoms with Gasteiger partial charge in [-0.2, -0.15) is 12.4 Å². The second kappa shape index (κ2) is 18.7. The Bertz CT molecular complexity index is 2310. The fourth-order valence-electron chi connectivity index (χ4n) is 8.79. The van der Waals surface area contributed by atoms with Crippen molar-refractivity contribution < 1.29 is 34.7 Å². The van der Waals surface area contributed by atoms with Gasteiger partial charge in [0, 0.05) is 24.3 Å². The fraction of sp³-hybridized carbons (Fsp3) is 0.340. The van der Waals surface area contributed by atoms with Gasteiger partial charge in [0.25, 0.3) is 0 Å². The highest BCUT2D eigenvalue weighted by molar-refractivity contribution is 5.88. The number of rotatable bonds is 17. The Labute approximate surface area is 341 Å². The van der Waals surface area contributed by atoms with Gasteiger partial charge in [0.15, 0.2) is 23.0 Å². The van der Waals surface area contributed by atoms with E-state index in [-0.39, 0.29) is 42.0 Å². The molecule has 302 valence electrons. The lowest BCUT2D eigenvalue weighted by molar-refractivity contribution is -0.123. The molecule has 5 aromatic carbocycles. The van der Waals surface area contributed by atoms with Gasteiger partial charge in [0.05, 0.1) is 19.3 Å². The molecule has 0 saturated heterocycles. The van der Waals surface area contributed by atoms with Crippen LogP contribution in [0.3, 0.4) is 0 Å². The second-order valence-electron chi connectivity index (χ2n) is 15.8. The lowest BCUT2D eigenvalue weighted by Crippen LogP contribution is -2.30. The van der Waals surface area contributed by atoms with Crippen molar-refractivity contribution in [1.29, 1.82) is 0 Å². The van der Waals surface area contributed by atoms with Crippen LogP contribution in [-0.4, -0.2) is 45.5 Å². The Morgan fingerprint density at radius 1 is 0.793 bits per heavy atom. The predicted octanol–water partition coefficient (Wildman–Crippen LogP) is 9.54. The van der Waals surface area contributed by atoms with Crippen molar-refractivity contribution >= 4 is 16.6 Å². The van der Waals surface area contributed by atoms with Crippen molar-refractivity contribution in [3.05, 3.63) is 148 Å². The van der Waals surface area contributed by atoms with Crippen LogP contribution in [0.5, 0.6) is 28.7 Å². The Morgan fingerprint density at radius 3 is 2.34 bits per heavy atom. The molecule has 0 aliphatic heterocycles. The van der Waals surface area contributed by atoms with E-state index in [0.29, 0.717) is 36.3 Å². The summed E-state index contributed by atoms with van der Waals surface area (Å²) in [4.78, 5) is 18.8. The summed E-state index contributed by atoms with van der Waals surface area (Å²) in [7, 11) is 1.56. The van der Waals surface area contributed by atoms with E-state index in [4.69, 9.17) is 9.47 Å². The summed E-state index contributed by atoms with van der Waals surface area (Å²) in [5, 5.41) is 46.7. The molecule has 58 heavy (non-hydrogen) atoms. The number of hydrogen-bond acceptors (Lipinski definition) is 7. The highest BCUT2D eigenvalue weighted by Gasteiger charge is 2.30. The molecule has 4 N–H and O–H groups in total. The third kappa shape index (κ3) is 9.51. The molecule has 8 nitrogen and oxygen atoms in total. The van der Waals surface area contributed by atoms with Crippen LogP contribution < -0.4 is 14.5 Å².